The van der Waals surface area contributed by atoms with E-state index in [4.69, 9.17) is 14.2 Å². The van der Waals surface area contributed by atoms with Crippen molar-refractivity contribution in [3.8, 4) is 0 Å². The SMILES string of the molecule is CC/C=C\C/C=C\C/C=C\C/C=C\C/C=C\CCCCCCCCCCCCCCCCCC(=O)OCC(COC(=O)CCCCCCC/C=C\CCCC)OC(=O)C/C=C\C/C=C\C/C=C\C/C=C\C/C=C\CC. The van der Waals surface area contributed by atoms with Crippen LogP contribution < -0.4 is 0 Å². The second kappa shape index (κ2) is 62.1. The van der Waals surface area contributed by atoms with Gasteiger partial charge in [0.15, 0.2) is 6.10 Å². The number of esters is 3. The molecule has 0 aromatic rings. The molecule has 424 valence electrons. The number of ether oxygens (including phenoxy) is 3. The normalized spacial score (nSPS) is 13.1. The molecule has 1 unspecified atom stereocenters. The van der Waals surface area contributed by atoms with Crippen LogP contribution in [0.25, 0.3) is 0 Å². The third kappa shape index (κ3) is 60.3. The fourth-order valence-electron chi connectivity index (χ4n) is 8.11. The lowest BCUT2D eigenvalue weighted by Gasteiger charge is -2.18. The molecule has 6 heteroatoms. The maximum atomic E-state index is 12.8. The van der Waals surface area contributed by atoms with E-state index in [-0.39, 0.29) is 31.6 Å². The fraction of sp³-hybridized carbons (Fsp3) is 0.638. The van der Waals surface area contributed by atoms with Crippen LogP contribution >= 0.6 is 0 Å². The summed E-state index contributed by atoms with van der Waals surface area (Å²) in [5.74, 6) is -1.06. The van der Waals surface area contributed by atoms with Crippen molar-refractivity contribution in [2.75, 3.05) is 13.2 Å². The second-order valence-electron chi connectivity index (χ2n) is 19.9. The van der Waals surface area contributed by atoms with Gasteiger partial charge in [-0.3, -0.25) is 14.4 Å². The first-order chi connectivity index (χ1) is 37.0. The lowest BCUT2D eigenvalue weighted by Crippen LogP contribution is -2.30. The van der Waals surface area contributed by atoms with E-state index >= 15 is 0 Å². The molecular weight excluding hydrogens is 925 g/mol. The van der Waals surface area contributed by atoms with E-state index in [1.165, 1.54) is 109 Å². The third-order valence-corrected chi connectivity index (χ3v) is 12.7. The van der Waals surface area contributed by atoms with Gasteiger partial charge in [0, 0.05) is 12.8 Å². The van der Waals surface area contributed by atoms with Crippen LogP contribution in [0.2, 0.25) is 0 Å². The Morgan fingerprint density at radius 3 is 0.893 bits per heavy atom. The summed E-state index contributed by atoms with van der Waals surface area (Å²) in [5, 5.41) is 0. The Kier molecular flexibility index (Phi) is 58.4. The highest BCUT2D eigenvalue weighted by Crippen LogP contribution is 2.15. The number of rotatable bonds is 54. The van der Waals surface area contributed by atoms with E-state index in [0.717, 1.165) is 116 Å². The summed E-state index contributed by atoms with van der Waals surface area (Å²) in [7, 11) is 0. The number of carbonyl (C=O) groups is 3. The molecule has 0 aliphatic rings. The Morgan fingerprint density at radius 1 is 0.293 bits per heavy atom. The zero-order valence-corrected chi connectivity index (χ0v) is 48.5. The first kappa shape index (κ1) is 70.5. The quantitative estimate of drug-likeness (QED) is 0.0261. The molecule has 0 amide bonds. The average Bonchev–Trinajstić information content (AvgIpc) is 3.41. The maximum absolute atomic E-state index is 12.8. The molecule has 0 aromatic carbocycles. The van der Waals surface area contributed by atoms with Crippen LogP contribution in [0, 0.1) is 0 Å². The highest BCUT2D eigenvalue weighted by atomic mass is 16.6. The molecule has 0 heterocycles. The van der Waals surface area contributed by atoms with Gasteiger partial charge in [-0.1, -0.05) is 270 Å². The minimum absolute atomic E-state index is 0.0920. The van der Waals surface area contributed by atoms with E-state index in [1.54, 1.807) is 6.08 Å². The van der Waals surface area contributed by atoms with E-state index in [9.17, 15) is 14.4 Å². The lowest BCUT2D eigenvalue weighted by molar-refractivity contribution is -0.166. The van der Waals surface area contributed by atoms with Crippen molar-refractivity contribution in [1.29, 1.82) is 0 Å². The molecule has 0 fully saturated rings. The van der Waals surface area contributed by atoms with Crippen molar-refractivity contribution < 1.29 is 28.6 Å². The molecule has 1 atom stereocenters. The Bertz CT molecular complexity index is 1620. The minimum Gasteiger partial charge on any atom is -0.462 e. The molecule has 0 aliphatic heterocycles. The van der Waals surface area contributed by atoms with Crippen LogP contribution in [-0.2, 0) is 28.6 Å². The molecular formula is C69H112O6. The summed E-state index contributed by atoms with van der Waals surface area (Å²) in [5.41, 5.74) is 0. The Labute approximate surface area is 462 Å². The van der Waals surface area contributed by atoms with Gasteiger partial charge in [0.2, 0.25) is 0 Å². The zero-order valence-electron chi connectivity index (χ0n) is 48.5. The standard InChI is InChI=1S/C69H112O6/c1-4-7-10-13-16-19-22-24-26-27-28-29-30-31-32-33-34-35-36-37-38-39-40-41-43-44-47-50-53-56-59-62-68(71)74-65-66(64-73-67(70)61-58-55-52-49-46-21-18-15-12-9-6-3)75-69(72)63-60-57-54-51-48-45-42-25-23-20-17-14-11-8-5-2/h7-8,10-11,15-20,24-26,28-29,31-32,42,48,51,57,60,66H,4-6,9,12-14,21-23,27,30,33-41,43-47,49-50,52-56,58-59,61-65H2,1-3H3/b10-7-,11-8-,18-15-,19-16-,20-17-,26-24-,29-28-,32-31-,42-25-,51-48-,60-57-. The van der Waals surface area contributed by atoms with Gasteiger partial charge in [-0.15, -0.1) is 0 Å². The zero-order chi connectivity index (χ0) is 54.3. The smallest absolute Gasteiger partial charge is 0.310 e. The van der Waals surface area contributed by atoms with Gasteiger partial charge in [-0.25, -0.2) is 0 Å². The first-order valence-electron chi connectivity index (χ1n) is 30.7. The summed E-state index contributed by atoms with van der Waals surface area (Å²) in [4.78, 5) is 38.1. The topological polar surface area (TPSA) is 78.9 Å². The number of hydrogen-bond donors (Lipinski definition) is 0. The Balaban J connectivity index is 4.24. The van der Waals surface area contributed by atoms with Crippen molar-refractivity contribution in [2.45, 2.75) is 271 Å². The molecule has 0 bridgehead atoms. The van der Waals surface area contributed by atoms with Crippen LogP contribution in [0.15, 0.2) is 134 Å². The molecule has 0 radical (unpaired) electrons. The van der Waals surface area contributed by atoms with Crippen LogP contribution in [-0.4, -0.2) is 37.2 Å². The highest BCUT2D eigenvalue weighted by Gasteiger charge is 2.19. The fourth-order valence-corrected chi connectivity index (χ4v) is 8.11. The highest BCUT2D eigenvalue weighted by molar-refractivity contribution is 5.72. The molecule has 0 aromatic heterocycles. The van der Waals surface area contributed by atoms with E-state index in [1.807, 2.05) is 6.08 Å². The average molecular weight is 1040 g/mol. The molecule has 0 spiro atoms. The van der Waals surface area contributed by atoms with E-state index < -0.39 is 12.1 Å². The second-order valence-corrected chi connectivity index (χ2v) is 19.9. The van der Waals surface area contributed by atoms with Crippen molar-refractivity contribution in [3.63, 3.8) is 0 Å². The van der Waals surface area contributed by atoms with Crippen LogP contribution in [0.1, 0.15) is 265 Å². The summed E-state index contributed by atoms with van der Waals surface area (Å²) in [6.07, 6.45) is 87.8. The maximum Gasteiger partial charge on any atom is 0.310 e. The molecule has 0 saturated heterocycles. The Morgan fingerprint density at radius 2 is 0.560 bits per heavy atom. The third-order valence-electron chi connectivity index (χ3n) is 12.7. The van der Waals surface area contributed by atoms with Gasteiger partial charge >= 0.3 is 17.9 Å². The van der Waals surface area contributed by atoms with Crippen LogP contribution in [0.4, 0.5) is 0 Å². The molecule has 6 nitrogen and oxygen atoms in total. The number of hydrogen-bond acceptors (Lipinski definition) is 6. The molecule has 75 heavy (non-hydrogen) atoms. The molecule has 0 rings (SSSR count). The van der Waals surface area contributed by atoms with Crippen LogP contribution in [0.3, 0.4) is 0 Å². The lowest BCUT2D eigenvalue weighted by atomic mass is 10.0. The summed E-state index contributed by atoms with van der Waals surface area (Å²) in [6.45, 7) is 6.28. The number of carbonyl (C=O) groups excluding carboxylic acids is 3. The summed E-state index contributed by atoms with van der Waals surface area (Å²) < 4.78 is 16.7. The molecule has 0 aliphatic carbocycles. The first-order valence-corrected chi connectivity index (χ1v) is 30.7. The Hall–Kier alpha value is -4.45. The number of allylic oxidation sites excluding steroid dienone is 21. The number of unbranched alkanes of at least 4 members (excludes halogenated alkanes) is 22. The van der Waals surface area contributed by atoms with Crippen molar-refractivity contribution in [2.24, 2.45) is 0 Å². The van der Waals surface area contributed by atoms with Gasteiger partial charge in [0.1, 0.15) is 13.2 Å². The van der Waals surface area contributed by atoms with Crippen molar-refractivity contribution in [1.82, 2.24) is 0 Å². The van der Waals surface area contributed by atoms with Gasteiger partial charge in [0.25, 0.3) is 0 Å². The molecule has 0 saturated carbocycles. The van der Waals surface area contributed by atoms with Crippen molar-refractivity contribution >= 4 is 17.9 Å². The van der Waals surface area contributed by atoms with Gasteiger partial charge in [-0.2, -0.15) is 0 Å². The molecule has 0 N–H and O–H groups in total. The predicted molar refractivity (Wildman–Crippen MR) is 325 cm³/mol. The summed E-state index contributed by atoms with van der Waals surface area (Å²) >= 11 is 0. The van der Waals surface area contributed by atoms with Gasteiger partial charge in [0.05, 0.1) is 6.42 Å². The summed E-state index contributed by atoms with van der Waals surface area (Å²) in [6, 6.07) is 0. The van der Waals surface area contributed by atoms with Gasteiger partial charge < -0.3 is 14.2 Å². The van der Waals surface area contributed by atoms with E-state index in [0.29, 0.717) is 12.8 Å². The minimum atomic E-state index is -0.838. The van der Waals surface area contributed by atoms with E-state index in [2.05, 4.69) is 142 Å². The largest absolute Gasteiger partial charge is 0.462 e. The van der Waals surface area contributed by atoms with Crippen molar-refractivity contribution in [3.05, 3.63) is 134 Å². The predicted octanol–water partition coefficient (Wildman–Crippen LogP) is 21.0. The monoisotopic (exact) mass is 1040 g/mol. The van der Waals surface area contributed by atoms with Crippen LogP contribution in [0.5, 0.6) is 0 Å². The van der Waals surface area contributed by atoms with Gasteiger partial charge in [-0.05, 0) is 109 Å².